The molecule has 0 atom stereocenters. The van der Waals surface area contributed by atoms with Crippen LogP contribution in [0, 0.1) is 13.8 Å². The Morgan fingerprint density at radius 1 is 1.21 bits per heavy atom. The van der Waals surface area contributed by atoms with E-state index in [1.165, 1.54) is 12.4 Å². The highest BCUT2D eigenvalue weighted by molar-refractivity contribution is 6.12. The number of carbonyl (C=O) groups excluding carboxylic acids is 1. The minimum Gasteiger partial charge on any atom is -0.404 e. The average molecular weight is 442 g/mol. The minimum absolute atomic E-state index is 0.281. The van der Waals surface area contributed by atoms with Crippen molar-refractivity contribution in [1.29, 1.82) is 0 Å². The number of hydrogen-bond acceptors (Lipinski definition) is 6. The summed E-state index contributed by atoms with van der Waals surface area (Å²) in [7, 11) is 1.90. The van der Waals surface area contributed by atoms with E-state index in [1.54, 1.807) is 6.20 Å². The number of nitrogen functional groups attached to an aromatic ring is 1. The molecule has 8 heteroatoms. The number of hydrogen-bond donors (Lipinski definition) is 3. The van der Waals surface area contributed by atoms with Crippen molar-refractivity contribution < 1.29 is 4.79 Å². The Kier molecular flexibility index (Phi) is 6.08. The lowest BCUT2D eigenvalue weighted by Gasteiger charge is -2.15. The summed E-state index contributed by atoms with van der Waals surface area (Å²) in [4.78, 5) is 21.3. The molecule has 0 aliphatic rings. The van der Waals surface area contributed by atoms with Crippen LogP contribution < -0.4 is 16.8 Å². The van der Waals surface area contributed by atoms with Crippen LogP contribution in [0.15, 0.2) is 59.5 Å². The Hall–Kier alpha value is -4.20. The summed E-state index contributed by atoms with van der Waals surface area (Å²) in [5, 5.41) is 10.2. The number of aliphatic imine (C=N–C) groups is 1. The highest BCUT2D eigenvalue weighted by atomic mass is 16.1. The van der Waals surface area contributed by atoms with Crippen molar-refractivity contribution in [3.8, 4) is 0 Å². The van der Waals surface area contributed by atoms with Gasteiger partial charge in [0.2, 0.25) is 0 Å². The first kappa shape index (κ1) is 22.0. The van der Waals surface area contributed by atoms with Crippen LogP contribution in [0.4, 0.5) is 5.82 Å². The predicted octanol–water partition coefficient (Wildman–Crippen LogP) is 3.05. The lowest BCUT2D eigenvalue weighted by molar-refractivity contribution is -0.117. The van der Waals surface area contributed by atoms with Gasteiger partial charge in [0, 0.05) is 43.0 Å². The molecule has 0 aliphatic carbocycles. The Bertz CT molecular complexity index is 1420. The van der Waals surface area contributed by atoms with Crippen LogP contribution in [0.5, 0.6) is 0 Å². The normalized spacial score (nSPS) is 12.2. The maximum atomic E-state index is 12.7. The zero-order valence-corrected chi connectivity index (χ0v) is 19.0. The van der Waals surface area contributed by atoms with E-state index in [0.29, 0.717) is 24.5 Å². The van der Waals surface area contributed by atoms with Crippen molar-refractivity contribution in [2.24, 2.45) is 17.8 Å². The molecule has 0 fully saturated rings. The van der Waals surface area contributed by atoms with E-state index in [2.05, 4.69) is 20.4 Å². The standard InChI is InChI=1S/C25H27N7O/c1-15-8-21-20(6-7-29-24(21)27)16(2)22(15)14-30-25(33)19(10-26)12-28-11-17-4-5-18-13-31-32(3)23(18)9-17/h4-10,12-13H,11,14,26H2,1-3H3,(H2,27,29)(H,30,33)/b19-10+,28-12?. The van der Waals surface area contributed by atoms with E-state index in [0.717, 1.165) is 43.9 Å². The molecule has 2 aromatic heterocycles. The molecule has 0 aliphatic heterocycles. The highest BCUT2D eigenvalue weighted by Crippen LogP contribution is 2.27. The van der Waals surface area contributed by atoms with Gasteiger partial charge in [0.25, 0.3) is 5.91 Å². The van der Waals surface area contributed by atoms with Gasteiger partial charge in [-0.2, -0.15) is 5.10 Å². The first-order valence-electron chi connectivity index (χ1n) is 10.6. The van der Waals surface area contributed by atoms with Crippen molar-refractivity contribution >= 4 is 39.6 Å². The maximum absolute atomic E-state index is 12.7. The van der Waals surface area contributed by atoms with Crippen LogP contribution in [-0.2, 0) is 24.9 Å². The first-order chi connectivity index (χ1) is 15.9. The number of nitrogens with one attached hydrogen (secondary N) is 1. The second-order valence-corrected chi connectivity index (χ2v) is 8.02. The van der Waals surface area contributed by atoms with Crippen LogP contribution in [0.3, 0.4) is 0 Å². The van der Waals surface area contributed by atoms with E-state index in [4.69, 9.17) is 11.5 Å². The molecule has 0 bridgehead atoms. The van der Waals surface area contributed by atoms with Crippen molar-refractivity contribution in [2.45, 2.75) is 26.9 Å². The predicted molar refractivity (Wildman–Crippen MR) is 133 cm³/mol. The van der Waals surface area contributed by atoms with E-state index < -0.39 is 0 Å². The van der Waals surface area contributed by atoms with Gasteiger partial charge in [0.15, 0.2) is 0 Å². The Morgan fingerprint density at radius 3 is 2.82 bits per heavy atom. The molecule has 1 amide bonds. The number of benzene rings is 2. The third kappa shape index (κ3) is 4.41. The Labute approximate surface area is 192 Å². The minimum atomic E-state index is -0.281. The first-order valence-corrected chi connectivity index (χ1v) is 10.6. The second-order valence-electron chi connectivity index (χ2n) is 8.02. The van der Waals surface area contributed by atoms with Gasteiger partial charge in [0.1, 0.15) is 5.82 Å². The molecule has 0 radical (unpaired) electrons. The highest BCUT2D eigenvalue weighted by Gasteiger charge is 2.12. The van der Waals surface area contributed by atoms with Gasteiger partial charge in [-0.05, 0) is 59.7 Å². The fraction of sp³-hybridized carbons (Fsp3) is 0.200. The third-order valence-corrected chi connectivity index (χ3v) is 5.90. The molecule has 33 heavy (non-hydrogen) atoms. The molecule has 8 nitrogen and oxygen atoms in total. The summed E-state index contributed by atoms with van der Waals surface area (Å²) in [6, 6.07) is 10.00. The molecule has 2 heterocycles. The Balaban J connectivity index is 1.44. The lowest BCUT2D eigenvalue weighted by Crippen LogP contribution is -2.26. The smallest absolute Gasteiger partial charge is 0.254 e. The van der Waals surface area contributed by atoms with Crippen molar-refractivity contribution in [2.75, 3.05) is 5.73 Å². The second kappa shape index (κ2) is 9.12. The van der Waals surface area contributed by atoms with Gasteiger partial charge < -0.3 is 16.8 Å². The number of nitrogens with zero attached hydrogens (tertiary/aromatic N) is 4. The summed E-state index contributed by atoms with van der Waals surface area (Å²) >= 11 is 0. The van der Waals surface area contributed by atoms with E-state index in [9.17, 15) is 4.79 Å². The molecule has 0 saturated heterocycles. The Morgan fingerprint density at radius 2 is 2.03 bits per heavy atom. The fourth-order valence-corrected chi connectivity index (χ4v) is 3.99. The van der Waals surface area contributed by atoms with Crippen LogP contribution >= 0.6 is 0 Å². The number of pyridine rings is 1. The molecule has 4 aromatic rings. The number of carbonyl (C=O) groups is 1. The SMILES string of the molecule is Cc1cc2c(N)nccc2c(C)c1CNC(=O)/C(C=NCc1ccc2cnn(C)c2c1)=C/N. The average Bonchev–Trinajstić information content (AvgIpc) is 3.17. The van der Waals surface area contributed by atoms with Gasteiger partial charge in [-0.1, -0.05) is 12.1 Å². The number of fused-ring (bicyclic) bond motifs is 2. The zero-order valence-electron chi connectivity index (χ0n) is 19.0. The maximum Gasteiger partial charge on any atom is 0.254 e. The van der Waals surface area contributed by atoms with Crippen molar-refractivity contribution in [3.05, 3.63) is 76.8 Å². The molecular weight excluding hydrogens is 414 g/mol. The number of rotatable bonds is 6. The number of aryl methyl sites for hydroxylation is 3. The zero-order chi connectivity index (χ0) is 23.5. The molecule has 168 valence electrons. The molecule has 2 aromatic carbocycles. The van der Waals surface area contributed by atoms with Crippen molar-refractivity contribution in [1.82, 2.24) is 20.1 Å². The lowest BCUT2D eigenvalue weighted by atomic mass is 9.96. The third-order valence-electron chi connectivity index (χ3n) is 5.90. The fourth-order valence-electron chi connectivity index (χ4n) is 3.99. The van der Waals surface area contributed by atoms with Gasteiger partial charge in [0.05, 0.1) is 23.8 Å². The summed E-state index contributed by atoms with van der Waals surface area (Å²) in [5.74, 6) is 0.220. The van der Waals surface area contributed by atoms with E-state index >= 15 is 0 Å². The molecule has 5 N–H and O–H groups in total. The van der Waals surface area contributed by atoms with Crippen LogP contribution in [0.1, 0.15) is 22.3 Å². The van der Waals surface area contributed by atoms with E-state index in [1.807, 2.05) is 62.1 Å². The number of nitrogens with two attached hydrogens (primary N) is 2. The summed E-state index contributed by atoms with van der Waals surface area (Å²) < 4.78 is 1.82. The molecule has 0 unspecified atom stereocenters. The van der Waals surface area contributed by atoms with Gasteiger partial charge in [-0.15, -0.1) is 0 Å². The number of amides is 1. The van der Waals surface area contributed by atoms with Gasteiger partial charge in [-0.3, -0.25) is 14.5 Å². The van der Waals surface area contributed by atoms with Crippen LogP contribution in [0.2, 0.25) is 0 Å². The van der Waals surface area contributed by atoms with Gasteiger partial charge in [-0.25, -0.2) is 4.98 Å². The van der Waals surface area contributed by atoms with Crippen molar-refractivity contribution in [3.63, 3.8) is 0 Å². The molecule has 4 rings (SSSR count). The monoisotopic (exact) mass is 441 g/mol. The van der Waals surface area contributed by atoms with Crippen LogP contribution in [-0.4, -0.2) is 26.9 Å². The van der Waals surface area contributed by atoms with E-state index in [-0.39, 0.29) is 5.91 Å². The van der Waals surface area contributed by atoms with Crippen LogP contribution in [0.25, 0.3) is 21.7 Å². The largest absolute Gasteiger partial charge is 0.404 e. The van der Waals surface area contributed by atoms with Gasteiger partial charge >= 0.3 is 0 Å². The summed E-state index contributed by atoms with van der Waals surface area (Å²) in [6.45, 7) is 4.83. The quantitative estimate of drug-likeness (QED) is 0.313. The molecule has 0 saturated carbocycles. The number of anilines is 1. The molecular formula is C25H27N7O. The molecule has 0 spiro atoms. The summed E-state index contributed by atoms with van der Waals surface area (Å²) in [5.41, 5.74) is 17.2. The topological polar surface area (TPSA) is 124 Å². The summed E-state index contributed by atoms with van der Waals surface area (Å²) in [6.07, 6.45) is 6.30. The number of aromatic nitrogens is 3.